The number of hydrogen-bond acceptors (Lipinski definition) is 5. The van der Waals surface area contributed by atoms with Crippen LogP contribution in [0.4, 0.5) is 0 Å². The molecule has 0 saturated carbocycles. The van der Waals surface area contributed by atoms with Gasteiger partial charge in [0.15, 0.2) is 0 Å². The lowest BCUT2D eigenvalue weighted by molar-refractivity contribution is 0.0359. The van der Waals surface area contributed by atoms with Gasteiger partial charge in [-0.05, 0) is 80.8 Å². The van der Waals surface area contributed by atoms with E-state index in [1.165, 1.54) is 0 Å². The van der Waals surface area contributed by atoms with Gasteiger partial charge in [0.2, 0.25) is 0 Å². The zero-order valence-corrected chi connectivity index (χ0v) is 25.5. The Morgan fingerprint density at radius 1 is 1.17 bits per heavy atom. The minimum Gasteiger partial charge on any atom is -0.494 e. The van der Waals surface area contributed by atoms with Crippen molar-refractivity contribution < 1.29 is 19.4 Å². The number of aryl methyl sites for hydroxylation is 4. The third-order valence-electron chi connectivity index (χ3n) is 8.53. The Bertz CT molecular complexity index is 1410. The van der Waals surface area contributed by atoms with E-state index < -0.39 is 5.97 Å². The second-order valence-corrected chi connectivity index (χ2v) is 11.8. The van der Waals surface area contributed by atoms with Gasteiger partial charge in [0.25, 0.3) is 0 Å². The summed E-state index contributed by atoms with van der Waals surface area (Å²) in [6.07, 6.45) is 5.66. The largest absolute Gasteiger partial charge is 0.494 e. The van der Waals surface area contributed by atoms with Crippen LogP contribution in [-0.4, -0.2) is 70.2 Å². The number of H-pyrrole nitrogens is 1. The van der Waals surface area contributed by atoms with Crippen molar-refractivity contribution in [2.24, 2.45) is 5.92 Å². The summed E-state index contributed by atoms with van der Waals surface area (Å²) in [5.41, 5.74) is 8.51. The fourth-order valence-corrected chi connectivity index (χ4v) is 6.59. The highest BCUT2D eigenvalue weighted by Gasteiger charge is 2.36. The number of carbonyl (C=O) groups is 1. The number of aromatic carboxylic acids is 1. The minimum atomic E-state index is -0.887. The highest BCUT2D eigenvalue weighted by atomic mass is 35.5. The van der Waals surface area contributed by atoms with Gasteiger partial charge in [0.05, 0.1) is 25.5 Å². The summed E-state index contributed by atoms with van der Waals surface area (Å²) in [6.45, 7) is 15.2. The lowest BCUT2D eigenvalue weighted by Crippen LogP contribution is -2.38. The van der Waals surface area contributed by atoms with E-state index in [0.717, 1.165) is 75.3 Å². The smallest absolute Gasteiger partial charge is 0.352 e. The number of rotatable bonds is 10. The molecule has 3 aromatic rings. The molecule has 1 aromatic carbocycles. The monoisotopic (exact) mass is 580 g/mol. The number of aromatic nitrogens is 3. The average molecular weight is 581 g/mol. The van der Waals surface area contributed by atoms with E-state index in [4.69, 9.17) is 21.1 Å². The molecule has 2 atom stereocenters. The van der Waals surface area contributed by atoms with Crippen molar-refractivity contribution in [1.82, 2.24) is 19.7 Å². The van der Waals surface area contributed by atoms with Crippen LogP contribution in [0.25, 0.3) is 6.08 Å². The van der Waals surface area contributed by atoms with Gasteiger partial charge >= 0.3 is 5.97 Å². The molecule has 2 aromatic heterocycles. The number of halogens is 1. The molecule has 1 fully saturated rings. The summed E-state index contributed by atoms with van der Waals surface area (Å²) in [5.74, 6) is 0.111. The van der Waals surface area contributed by atoms with E-state index in [1.54, 1.807) is 0 Å². The molecule has 41 heavy (non-hydrogen) atoms. The molecule has 2 N–H and O–H groups in total. The Morgan fingerprint density at radius 3 is 2.51 bits per heavy atom. The molecule has 2 aliphatic rings. The Morgan fingerprint density at radius 2 is 1.88 bits per heavy atom. The SMILES string of the molecule is Cc1cc(OCCCc2c3c(n(CCN4CCOCC4)c2C(=O)O)C(c2c(C)n[nH]c2C)C(C)C=C3)cc(C)c1Cl. The second-order valence-electron chi connectivity index (χ2n) is 11.4. The van der Waals surface area contributed by atoms with Gasteiger partial charge in [-0.25, -0.2) is 4.79 Å². The van der Waals surface area contributed by atoms with Crippen LogP contribution in [0.5, 0.6) is 5.75 Å². The van der Waals surface area contributed by atoms with Crippen LogP contribution < -0.4 is 4.74 Å². The van der Waals surface area contributed by atoms with Crippen LogP contribution in [0.2, 0.25) is 5.02 Å². The maximum absolute atomic E-state index is 12.9. The number of hydrogen-bond donors (Lipinski definition) is 2. The van der Waals surface area contributed by atoms with E-state index in [1.807, 2.05) is 32.9 Å². The predicted octanol–water partition coefficient (Wildman–Crippen LogP) is 5.94. The van der Waals surface area contributed by atoms with Crippen LogP contribution in [0.1, 0.15) is 74.6 Å². The average Bonchev–Trinajstić information content (AvgIpc) is 3.45. The van der Waals surface area contributed by atoms with Gasteiger partial charge < -0.3 is 19.1 Å². The molecule has 8 nitrogen and oxygen atoms in total. The number of carboxylic acids is 1. The standard InChI is InChI=1S/C32H41ClN4O4/c1-19-8-9-26-25(7-6-14-41-24-17-20(2)29(33)21(3)18-24)31(32(38)39)37(11-10-36-12-15-40-16-13-36)30(26)27(19)28-22(4)34-35-23(28)5/h8-9,17-19,27H,6-7,10-16H2,1-5H3,(H,34,35)(H,38,39). The summed E-state index contributed by atoms with van der Waals surface area (Å²) in [4.78, 5) is 15.3. The first-order valence-corrected chi connectivity index (χ1v) is 14.9. The maximum Gasteiger partial charge on any atom is 0.352 e. The molecule has 220 valence electrons. The molecule has 1 saturated heterocycles. The van der Waals surface area contributed by atoms with E-state index >= 15 is 0 Å². The zero-order valence-electron chi connectivity index (χ0n) is 24.7. The highest BCUT2D eigenvalue weighted by Crippen LogP contribution is 2.44. The molecule has 9 heteroatoms. The molecule has 0 spiro atoms. The second kappa shape index (κ2) is 12.4. The number of ether oxygens (including phenoxy) is 2. The van der Waals surface area contributed by atoms with E-state index in [2.05, 4.69) is 45.7 Å². The summed E-state index contributed by atoms with van der Waals surface area (Å²) >= 11 is 6.33. The van der Waals surface area contributed by atoms with Gasteiger partial charge in [0, 0.05) is 54.1 Å². The molecule has 2 unspecified atom stereocenters. The van der Waals surface area contributed by atoms with Crippen LogP contribution in [-0.2, 0) is 17.7 Å². The maximum atomic E-state index is 12.9. The molecule has 3 heterocycles. The van der Waals surface area contributed by atoms with E-state index in [-0.39, 0.29) is 11.8 Å². The Balaban J connectivity index is 1.49. The number of allylic oxidation sites excluding steroid dienone is 1. The Kier molecular flexibility index (Phi) is 8.92. The molecule has 0 amide bonds. The lowest BCUT2D eigenvalue weighted by atomic mass is 9.78. The van der Waals surface area contributed by atoms with Crippen LogP contribution >= 0.6 is 11.6 Å². The minimum absolute atomic E-state index is 0.0153. The van der Waals surface area contributed by atoms with Gasteiger partial charge in [-0.1, -0.05) is 30.7 Å². The molecule has 1 aliphatic carbocycles. The van der Waals surface area contributed by atoms with E-state index in [0.29, 0.717) is 44.9 Å². The lowest BCUT2D eigenvalue weighted by Gasteiger charge is -2.31. The van der Waals surface area contributed by atoms with E-state index in [9.17, 15) is 9.90 Å². The third kappa shape index (κ3) is 5.96. The first kappa shape index (κ1) is 29.4. The van der Waals surface area contributed by atoms with Crippen molar-refractivity contribution in [3.8, 4) is 5.75 Å². The van der Waals surface area contributed by atoms with Crippen molar-refractivity contribution in [2.45, 2.75) is 59.9 Å². The van der Waals surface area contributed by atoms with Crippen molar-refractivity contribution >= 4 is 23.6 Å². The van der Waals surface area contributed by atoms with Crippen LogP contribution in [0, 0.1) is 33.6 Å². The number of fused-ring (bicyclic) bond motifs is 1. The van der Waals surface area contributed by atoms with Crippen LogP contribution in [0.3, 0.4) is 0 Å². The summed E-state index contributed by atoms with van der Waals surface area (Å²) in [5, 5.41) is 19.0. The van der Waals surface area contributed by atoms with Gasteiger partial charge in [-0.3, -0.25) is 10.00 Å². The summed E-state index contributed by atoms with van der Waals surface area (Å²) < 4.78 is 13.7. The zero-order chi connectivity index (χ0) is 29.3. The fourth-order valence-electron chi connectivity index (χ4n) is 6.48. The number of morpholine rings is 1. The molecule has 0 radical (unpaired) electrons. The summed E-state index contributed by atoms with van der Waals surface area (Å²) in [6, 6.07) is 3.90. The predicted molar refractivity (Wildman–Crippen MR) is 161 cm³/mol. The van der Waals surface area contributed by atoms with Crippen molar-refractivity contribution in [2.75, 3.05) is 39.5 Å². The van der Waals surface area contributed by atoms with Crippen molar-refractivity contribution in [1.29, 1.82) is 0 Å². The first-order chi connectivity index (χ1) is 19.7. The number of nitrogens with one attached hydrogen (secondary N) is 1. The summed E-state index contributed by atoms with van der Waals surface area (Å²) in [7, 11) is 0. The topological polar surface area (TPSA) is 92.6 Å². The number of nitrogens with zero attached hydrogens (tertiary/aromatic N) is 3. The quantitative estimate of drug-likeness (QED) is 0.289. The van der Waals surface area contributed by atoms with Crippen LogP contribution in [0.15, 0.2) is 18.2 Å². The Labute approximate surface area is 247 Å². The Hall–Kier alpha value is -3.07. The number of carboxylic acid groups (broad SMARTS) is 1. The fraction of sp³-hybridized carbons (Fsp3) is 0.500. The van der Waals surface area contributed by atoms with Crippen molar-refractivity contribution in [3.63, 3.8) is 0 Å². The first-order valence-electron chi connectivity index (χ1n) is 14.5. The van der Waals surface area contributed by atoms with Gasteiger partial charge in [0.1, 0.15) is 11.4 Å². The highest BCUT2D eigenvalue weighted by molar-refractivity contribution is 6.32. The third-order valence-corrected chi connectivity index (χ3v) is 9.12. The molecular formula is C32H41ClN4O4. The van der Waals surface area contributed by atoms with Crippen molar-refractivity contribution in [3.05, 3.63) is 73.8 Å². The van der Waals surface area contributed by atoms with Gasteiger partial charge in [-0.2, -0.15) is 5.10 Å². The number of aromatic amines is 1. The number of benzene rings is 1. The normalized spacial score (nSPS) is 19.0. The molecule has 1 aliphatic heterocycles. The molecule has 0 bridgehead atoms. The molecular weight excluding hydrogens is 540 g/mol. The molecule has 5 rings (SSSR count). The van der Waals surface area contributed by atoms with Gasteiger partial charge in [-0.15, -0.1) is 0 Å².